The van der Waals surface area contributed by atoms with E-state index in [0.29, 0.717) is 12.4 Å². The summed E-state index contributed by atoms with van der Waals surface area (Å²) >= 11 is 2.26. The highest BCUT2D eigenvalue weighted by atomic mass is 127. The molecule has 0 radical (unpaired) electrons. The lowest BCUT2D eigenvalue weighted by molar-refractivity contribution is 0.986. The van der Waals surface area contributed by atoms with Crippen LogP contribution in [0.2, 0.25) is 0 Å². The van der Waals surface area contributed by atoms with Gasteiger partial charge in [0.25, 0.3) is 0 Å². The van der Waals surface area contributed by atoms with Gasteiger partial charge in [0.2, 0.25) is 0 Å². The van der Waals surface area contributed by atoms with Crippen LogP contribution in [0.1, 0.15) is 11.3 Å². The number of hydrogen-bond acceptors (Lipinski definition) is 2. The van der Waals surface area contributed by atoms with Gasteiger partial charge in [-0.1, -0.05) is 18.2 Å². The van der Waals surface area contributed by atoms with Crippen LogP contribution in [-0.4, -0.2) is 10.8 Å². The van der Waals surface area contributed by atoms with Crippen molar-refractivity contribution in [3.8, 4) is 0 Å². The number of hydrogen-bond donors (Lipinski definition) is 1. The summed E-state index contributed by atoms with van der Waals surface area (Å²) in [4.78, 5) is 8.52. The Labute approximate surface area is 114 Å². The van der Waals surface area contributed by atoms with Crippen LogP contribution in [0.25, 0.3) is 0 Å². The van der Waals surface area contributed by atoms with E-state index in [1.165, 1.54) is 3.57 Å². The van der Waals surface area contributed by atoms with Crippen molar-refractivity contribution in [3.05, 3.63) is 63.5 Å². The van der Waals surface area contributed by atoms with Crippen molar-refractivity contribution in [1.29, 1.82) is 0 Å². The van der Waals surface area contributed by atoms with Gasteiger partial charge in [-0.2, -0.15) is 0 Å². The summed E-state index contributed by atoms with van der Waals surface area (Å²) in [7, 11) is 0. The lowest BCUT2D eigenvalue weighted by Gasteiger charge is -2.01. The maximum atomic E-state index is 5.91. The molecule has 0 aliphatic heterocycles. The van der Waals surface area contributed by atoms with E-state index in [2.05, 4.69) is 32.6 Å². The number of halogens is 1. The van der Waals surface area contributed by atoms with E-state index < -0.39 is 0 Å². The van der Waals surface area contributed by atoms with Crippen LogP contribution in [0.5, 0.6) is 0 Å². The molecule has 0 saturated carbocycles. The molecule has 0 aliphatic carbocycles. The lowest BCUT2D eigenvalue weighted by atomic mass is 10.2. The molecule has 2 rings (SSSR count). The van der Waals surface area contributed by atoms with Gasteiger partial charge in [0.05, 0.1) is 12.2 Å². The van der Waals surface area contributed by atoms with Gasteiger partial charge in [-0.3, -0.25) is 9.98 Å². The van der Waals surface area contributed by atoms with E-state index >= 15 is 0 Å². The molecule has 0 spiro atoms. The summed E-state index contributed by atoms with van der Waals surface area (Å²) in [6, 6.07) is 13.7. The maximum Gasteiger partial charge on any atom is 0.126 e. The standard InChI is InChI=1S/C13H12IN3/c14-11-6-4-10(5-7-11)13(15)17-9-12-3-1-2-8-16-12/h1-8H,9H2,(H2,15,17). The predicted octanol–water partition coefficient (Wildman–Crippen LogP) is 2.59. The minimum Gasteiger partial charge on any atom is -0.383 e. The zero-order chi connectivity index (χ0) is 12.1. The van der Waals surface area contributed by atoms with Crippen LogP contribution in [0.3, 0.4) is 0 Å². The van der Waals surface area contributed by atoms with Gasteiger partial charge in [0.1, 0.15) is 5.84 Å². The minimum absolute atomic E-state index is 0.513. The fourth-order valence-electron chi connectivity index (χ4n) is 1.37. The molecule has 17 heavy (non-hydrogen) atoms. The Morgan fingerprint density at radius 2 is 1.94 bits per heavy atom. The molecule has 2 N–H and O–H groups in total. The number of pyridine rings is 1. The van der Waals surface area contributed by atoms with Crippen LogP contribution < -0.4 is 5.73 Å². The number of rotatable bonds is 3. The second kappa shape index (κ2) is 5.77. The summed E-state index contributed by atoms with van der Waals surface area (Å²) in [6.45, 7) is 0.513. The molecule has 4 heteroatoms. The number of aromatic nitrogens is 1. The van der Waals surface area contributed by atoms with E-state index in [1.807, 2.05) is 42.5 Å². The molecule has 0 aliphatic rings. The Hall–Kier alpha value is -1.43. The first kappa shape index (κ1) is 12.0. The largest absolute Gasteiger partial charge is 0.383 e. The van der Waals surface area contributed by atoms with Crippen LogP contribution >= 0.6 is 22.6 Å². The minimum atomic E-state index is 0.513. The first-order chi connectivity index (χ1) is 8.25. The quantitative estimate of drug-likeness (QED) is 0.532. The molecule has 0 saturated heterocycles. The van der Waals surface area contributed by atoms with Crippen LogP contribution in [0.4, 0.5) is 0 Å². The van der Waals surface area contributed by atoms with E-state index in [9.17, 15) is 0 Å². The Kier molecular flexibility index (Phi) is 4.08. The third-order valence-corrected chi connectivity index (χ3v) is 3.00. The highest BCUT2D eigenvalue weighted by Crippen LogP contribution is 2.07. The highest BCUT2D eigenvalue weighted by Gasteiger charge is 1.98. The molecule has 0 bridgehead atoms. The zero-order valence-electron chi connectivity index (χ0n) is 9.18. The smallest absolute Gasteiger partial charge is 0.126 e. The molecular formula is C13H12IN3. The van der Waals surface area contributed by atoms with Gasteiger partial charge in [0, 0.05) is 15.3 Å². The first-order valence-electron chi connectivity index (χ1n) is 5.21. The van der Waals surface area contributed by atoms with Crippen LogP contribution in [-0.2, 0) is 6.54 Å². The van der Waals surface area contributed by atoms with E-state index in [4.69, 9.17) is 5.73 Å². The van der Waals surface area contributed by atoms with Crippen LogP contribution in [0, 0.1) is 3.57 Å². The lowest BCUT2D eigenvalue weighted by Crippen LogP contribution is -2.13. The Morgan fingerprint density at radius 3 is 2.59 bits per heavy atom. The van der Waals surface area contributed by atoms with Crippen molar-refractivity contribution < 1.29 is 0 Å². The number of nitrogens with two attached hydrogens (primary N) is 1. The monoisotopic (exact) mass is 337 g/mol. The Bertz CT molecular complexity index is 506. The van der Waals surface area contributed by atoms with Gasteiger partial charge >= 0.3 is 0 Å². The van der Waals surface area contributed by atoms with Crippen molar-refractivity contribution in [1.82, 2.24) is 4.98 Å². The summed E-state index contributed by atoms with van der Waals surface area (Å²) in [5, 5.41) is 0. The molecule has 0 unspecified atom stereocenters. The highest BCUT2D eigenvalue weighted by molar-refractivity contribution is 14.1. The fourth-order valence-corrected chi connectivity index (χ4v) is 1.73. The van der Waals surface area contributed by atoms with E-state index in [-0.39, 0.29) is 0 Å². The third-order valence-electron chi connectivity index (χ3n) is 2.28. The maximum absolute atomic E-state index is 5.91. The molecule has 1 heterocycles. The average Bonchev–Trinajstić information content (AvgIpc) is 2.38. The molecular weight excluding hydrogens is 325 g/mol. The van der Waals surface area contributed by atoms with Crippen molar-refractivity contribution in [2.24, 2.45) is 10.7 Å². The Morgan fingerprint density at radius 1 is 1.18 bits per heavy atom. The predicted molar refractivity (Wildman–Crippen MR) is 77.8 cm³/mol. The Balaban J connectivity index is 2.10. The van der Waals surface area contributed by atoms with Gasteiger partial charge in [-0.05, 0) is 46.9 Å². The molecule has 3 nitrogen and oxygen atoms in total. The number of aliphatic imine (C=N–C) groups is 1. The molecule has 0 fully saturated rings. The van der Waals surface area contributed by atoms with E-state index in [1.54, 1.807) is 6.20 Å². The van der Waals surface area contributed by atoms with Crippen molar-refractivity contribution in [2.75, 3.05) is 0 Å². The van der Waals surface area contributed by atoms with Gasteiger partial charge in [-0.15, -0.1) is 0 Å². The van der Waals surface area contributed by atoms with Gasteiger partial charge in [-0.25, -0.2) is 0 Å². The SMILES string of the molecule is NC(=NCc1ccccn1)c1ccc(I)cc1. The van der Waals surface area contributed by atoms with Gasteiger partial charge in [0.15, 0.2) is 0 Å². The van der Waals surface area contributed by atoms with E-state index in [0.717, 1.165) is 11.3 Å². The zero-order valence-corrected chi connectivity index (χ0v) is 11.3. The molecule has 86 valence electrons. The summed E-state index contributed by atoms with van der Waals surface area (Å²) in [5.74, 6) is 0.548. The van der Waals surface area contributed by atoms with Crippen LogP contribution in [0.15, 0.2) is 53.7 Å². The van der Waals surface area contributed by atoms with Gasteiger partial charge < -0.3 is 5.73 Å². The molecule has 0 atom stereocenters. The van der Waals surface area contributed by atoms with Crippen molar-refractivity contribution in [2.45, 2.75) is 6.54 Å². The van der Waals surface area contributed by atoms with Crippen molar-refractivity contribution in [3.63, 3.8) is 0 Å². The topological polar surface area (TPSA) is 51.3 Å². The number of amidine groups is 1. The molecule has 2 aromatic rings. The summed E-state index contributed by atoms with van der Waals surface area (Å²) < 4.78 is 1.18. The second-order valence-electron chi connectivity index (χ2n) is 3.53. The average molecular weight is 337 g/mol. The van der Waals surface area contributed by atoms with Crippen molar-refractivity contribution >= 4 is 28.4 Å². The molecule has 1 aromatic heterocycles. The fraction of sp³-hybridized carbons (Fsp3) is 0.0769. The first-order valence-corrected chi connectivity index (χ1v) is 6.29. The molecule has 0 amide bonds. The summed E-state index contributed by atoms with van der Waals surface area (Å²) in [5.41, 5.74) is 7.78. The summed E-state index contributed by atoms with van der Waals surface area (Å²) in [6.07, 6.45) is 1.76. The second-order valence-corrected chi connectivity index (χ2v) is 4.78. The third kappa shape index (κ3) is 3.52. The molecule has 1 aromatic carbocycles. The number of benzene rings is 1. The number of nitrogens with zero attached hydrogens (tertiary/aromatic N) is 2. The normalized spacial score (nSPS) is 11.5.